The van der Waals surface area contributed by atoms with Crippen molar-refractivity contribution in [2.75, 3.05) is 45.7 Å². The third kappa shape index (κ3) is 9.57. The van der Waals surface area contributed by atoms with Gasteiger partial charge in [0, 0.05) is 51.4 Å². The van der Waals surface area contributed by atoms with Crippen molar-refractivity contribution in [2.45, 2.75) is 12.6 Å². The average molecular weight is 520 g/mol. The number of nitrogens with zero attached hydrogens (tertiary/aromatic N) is 1. The molecule has 1 heterocycles. The summed E-state index contributed by atoms with van der Waals surface area (Å²) < 4.78 is 11.2. The molecule has 1 fully saturated rings. The van der Waals surface area contributed by atoms with Crippen molar-refractivity contribution in [1.29, 1.82) is 0 Å². The van der Waals surface area contributed by atoms with E-state index in [0.717, 1.165) is 19.6 Å². The second-order valence-corrected chi connectivity index (χ2v) is 8.12. The molecule has 11 heteroatoms. The summed E-state index contributed by atoms with van der Waals surface area (Å²) in [4.78, 5) is 34.1. The number of anilines is 1. The van der Waals surface area contributed by atoms with Crippen LogP contribution >= 0.6 is 11.6 Å². The molecule has 10 nitrogen and oxygen atoms in total. The Labute approximate surface area is 214 Å². The number of amides is 1. The van der Waals surface area contributed by atoms with Crippen LogP contribution in [0.5, 0.6) is 5.75 Å². The third-order valence-corrected chi connectivity index (χ3v) is 5.45. The SMILES string of the molecule is CNc1cc(OC)c(C(=O)NCC2CN(Cc3ccccc3)CCO2)cc1Cl.O=C(O)/C=C/C(=O)O. The maximum absolute atomic E-state index is 12.7. The molecule has 1 aliphatic rings. The standard InChI is InChI=1S/C21H26ClN3O3.C4H4O4/c1-23-19-11-20(27-2)17(10-18(19)22)21(26)24-12-16-14-25(8-9-28-16)13-15-6-4-3-5-7-15;5-3(6)1-2-4(7)8/h3-7,10-11,16,23H,8-9,12-14H2,1-2H3,(H,24,26);1-2H,(H,5,6)(H,7,8)/b;2-1+. The number of rotatable bonds is 9. The number of hydrogen-bond donors (Lipinski definition) is 4. The highest BCUT2D eigenvalue weighted by atomic mass is 35.5. The molecule has 1 aliphatic heterocycles. The van der Waals surface area contributed by atoms with Gasteiger partial charge in [-0.2, -0.15) is 0 Å². The number of methoxy groups -OCH3 is 1. The molecule has 0 saturated carbocycles. The van der Waals surface area contributed by atoms with E-state index >= 15 is 0 Å². The average Bonchev–Trinajstić information content (AvgIpc) is 2.87. The summed E-state index contributed by atoms with van der Waals surface area (Å²) in [6, 6.07) is 13.7. The number of hydrogen-bond acceptors (Lipinski definition) is 7. The van der Waals surface area contributed by atoms with Crippen LogP contribution in [-0.2, 0) is 20.9 Å². The number of carboxylic acids is 2. The predicted molar refractivity (Wildman–Crippen MR) is 136 cm³/mol. The van der Waals surface area contributed by atoms with Crippen LogP contribution in [-0.4, -0.2) is 79.5 Å². The normalized spacial score (nSPS) is 15.5. The van der Waals surface area contributed by atoms with Crippen LogP contribution in [0.1, 0.15) is 15.9 Å². The third-order valence-electron chi connectivity index (χ3n) is 5.13. The summed E-state index contributed by atoms with van der Waals surface area (Å²) in [7, 11) is 3.30. The Morgan fingerprint density at radius 1 is 1.17 bits per heavy atom. The van der Waals surface area contributed by atoms with E-state index in [2.05, 4.69) is 27.7 Å². The topological polar surface area (TPSA) is 137 Å². The molecule has 36 heavy (non-hydrogen) atoms. The Balaban J connectivity index is 0.000000493. The van der Waals surface area contributed by atoms with Crippen molar-refractivity contribution in [2.24, 2.45) is 0 Å². The Kier molecular flexibility index (Phi) is 11.7. The van der Waals surface area contributed by atoms with Gasteiger partial charge in [0.1, 0.15) is 5.75 Å². The van der Waals surface area contributed by atoms with Crippen molar-refractivity contribution in [3.63, 3.8) is 0 Å². The lowest BCUT2D eigenvalue weighted by Gasteiger charge is -2.33. The van der Waals surface area contributed by atoms with Crippen molar-refractivity contribution >= 4 is 35.1 Å². The number of carbonyl (C=O) groups is 3. The van der Waals surface area contributed by atoms with Gasteiger partial charge in [-0.1, -0.05) is 41.9 Å². The quantitative estimate of drug-likeness (QED) is 0.368. The molecule has 1 atom stereocenters. The van der Waals surface area contributed by atoms with Crippen LogP contribution in [0.3, 0.4) is 0 Å². The Bertz CT molecular complexity index is 1050. The highest BCUT2D eigenvalue weighted by Gasteiger charge is 2.22. The minimum Gasteiger partial charge on any atom is -0.496 e. The second kappa shape index (κ2) is 14.7. The lowest BCUT2D eigenvalue weighted by Crippen LogP contribution is -2.47. The molecule has 1 amide bonds. The lowest BCUT2D eigenvalue weighted by atomic mass is 10.1. The number of benzene rings is 2. The summed E-state index contributed by atoms with van der Waals surface area (Å²) in [6.07, 6.45) is 1.06. The summed E-state index contributed by atoms with van der Waals surface area (Å²) in [5.41, 5.74) is 2.39. The monoisotopic (exact) mass is 519 g/mol. The van der Waals surface area contributed by atoms with E-state index in [4.69, 9.17) is 31.3 Å². The molecule has 2 aromatic rings. The highest BCUT2D eigenvalue weighted by Crippen LogP contribution is 2.30. The number of ether oxygens (including phenoxy) is 2. The number of aliphatic carboxylic acids is 2. The first-order valence-corrected chi connectivity index (χ1v) is 11.5. The molecule has 194 valence electrons. The van der Waals surface area contributed by atoms with Crippen LogP contribution < -0.4 is 15.4 Å². The first kappa shape index (κ1) is 28.6. The van der Waals surface area contributed by atoms with E-state index < -0.39 is 11.9 Å². The fourth-order valence-electron chi connectivity index (χ4n) is 3.42. The van der Waals surface area contributed by atoms with E-state index in [1.807, 2.05) is 18.2 Å². The van der Waals surface area contributed by atoms with Crippen molar-refractivity contribution in [3.8, 4) is 5.75 Å². The number of halogens is 1. The Hall–Kier alpha value is -3.60. The Morgan fingerprint density at radius 2 is 1.83 bits per heavy atom. The summed E-state index contributed by atoms with van der Waals surface area (Å²) >= 11 is 6.22. The van der Waals surface area contributed by atoms with Crippen LogP contribution in [0.4, 0.5) is 5.69 Å². The fraction of sp³-hybridized carbons (Fsp3) is 0.320. The summed E-state index contributed by atoms with van der Waals surface area (Å²) in [6.45, 7) is 3.61. The van der Waals surface area contributed by atoms with Crippen LogP contribution in [0.15, 0.2) is 54.6 Å². The minimum atomic E-state index is -1.26. The molecular weight excluding hydrogens is 490 g/mol. The number of nitrogens with one attached hydrogen (secondary N) is 2. The molecule has 1 saturated heterocycles. The Morgan fingerprint density at radius 3 is 2.42 bits per heavy atom. The molecule has 0 aliphatic carbocycles. The molecule has 0 radical (unpaired) electrons. The zero-order valence-electron chi connectivity index (χ0n) is 20.1. The molecule has 0 bridgehead atoms. The molecule has 0 spiro atoms. The maximum Gasteiger partial charge on any atom is 0.328 e. The van der Waals surface area contributed by atoms with Gasteiger partial charge in [0.2, 0.25) is 0 Å². The van der Waals surface area contributed by atoms with Gasteiger partial charge in [-0.15, -0.1) is 0 Å². The van der Waals surface area contributed by atoms with Gasteiger partial charge in [-0.05, 0) is 11.6 Å². The van der Waals surface area contributed by atoms with E-state index in [1.54, 1.807) is 19.2 Å². The van der Waals surface area contributed by atoms with Gasteiger partial charge < -0.3 is 30.3 Å². The van der Waals surface area contributed by atoms with E-state index in [1.165, 1.54) is 12.7 Å². The van der Waals surface area contributed by atoms with Crippen molar-refractivity contribution in [1.82, 2.24) is 10.2 Å². The molecular formula is C25H30ClN3O7. The van der Waals surface area contributed by atoms with Crippen molar-refractivity contribution in [3.05, 3.63) is 70.8 Å². The van der Waals surface area contributed by atoms with Gasteiger partial charge in [-0.25, -0.2) is 9.59 Å². The van der Waals surface area contributed by atoms with E-state index in [9.17, 15) is 14.4 Å². The molecule has 0 aromatic heterocycles. The lowest BCUT2D eigenvalue weighted by molar-refractivity contribution is -0.134. The van der Waals surface area contributed by atoms with Crippen LogP contribution in [0, 0.1) is 0 Å². The van der Waals surface area contributed by atoms with Gasteiger partial charge >= 0.3 is 11.9 Å². The summed E-state index contributed by atoms with van der Waals surface area (Å²) in [5.74, 6) is -2.27. The minimum absolute atomic E-state index is 0.0561. The van der Waals surface area contributed by atoms with Gasteiger partial charge in [-0.3, -0.25) is 9.69 Å². The molecule has 2 aromatic carbocycles. The van der Waals surface area contributed by atoms with Crippen molar-refractivity contribution < 1.29 is 34.1 Å². The zero-order chi connectivity index (χ0) is 26.5. The first-order valence-electron chi connectivity index (χ1n) is 11.1. The van der Waals surface area contributed by atoms with Gasteiger partial charge in [0.15, 0.2) is 0 Å². The molecule has 4 N–H and O–H groups in total. The van der Waals surface area contributed by atoms with E-state index in [0.29, 0.717) is 47.3 Å². The fourth-order valence-corrected chi connectivity index (χ4v) is 3.68. The highest BCUT2D eigenvalue weighted by molar-refractivity contribution is 6.33. The second-order valence-electron chi connectivity index (χ2n) is 7.72. The largest absolute Gasteiger partial charge is 0.496 e. The zero-order valence-corrected chi connectivity index (χ0v) is 20.8. The first-order chi connectivity index (χ1) is 17.2. The van der Waals surface area contributed by atoms with Crippen LogP contribution in [0.2, 0.25) is 5.02 Å². The number of carboxylic acid groups (broad SMARTS) is 2. The number of morpholine rings is 1. The van der Waals surface area contributed by atoms with Crippen LogP contribution in [0.25, 0.3) is 0 Å². The van der Waals surface area contributed by atoms with Gasteiger partial charge in [0.25, 0.3) is 5.91 Å². The maximum atomic E-state index is 12.7. The van der Waals surface area contributed by atoms with Gasteiger partial charge in [0.05, 0.1) is 36.1 Å². The number of carbonyl (C=O) groups excluding carboxylic acids is 1. The van der Waals surface area contributed by atoms with E-state index in [-0.39, 0.29) is 12.0 Å². The molecule has 3 rings (SSSR count). The predicted octanol–water partition coefficient (Wildman–Crippen LogP) is 2.73. The smallest absolute Gasteiger partial charge is 0.328 e. The summed E-state index contributed by atoms with van der Waals surface area (Å²) in [5, 5.41) is 22.0. The molecule has 1 unspecified atom stereocenters.